The first-order valence-corrected chi connectivity index (χ1v) is 10.2. The third-order valence-corrected chi connectivity index (χ3v) is 5.38. The number of nitrogen functional groups attached to an aromatic ring is 1. The first kappa shape index (κ1) is 21.9. The van der Waals surface area contributed by atoms with Crippen molar-refractivity contribution in [3.63, 3.8) is 0 Å². The van der Waals surface area contributed by atoms with Crippen molar-refractivity contribution in [3.05, 3.63) is 94.3 Å². The monoisotopic (exact) mass is 446 g/mol. The molecule has 0 spiro atoms. The van der Waals surface area contributed by atoms with Gasteiger partial charge in [0.15, 0.2) is 17.7 Å². The lowest BCUT2D eigenvalue weighted by atomic mass is 9.82. The van der Waals surface area contributed by atoms with E-state index in [-0.39, 0.29) is 45.7 Å². The molecule has 0 heterocycles. The molecule has 1 amide bonds. The van der Waals surface area contributed by atoms with Gasteiger partial charge >= 0.3 is 5.97 Å². The first-order valence-electron chi connectivity index (χ1n) is 10.2. The maximum Gasteiger partial charge on any atom is 0.341 e. The van der Waals surface area contributed by atoms with Crippen LogP contribution in [0.2, 0.25) is 0 Å². The van der Waals surface area contributed by atoms with Crippen molar-refractivity contribution in [2.24, 2.45) is 0 Å². The lowest BCUT2D eigenvalue weighted by Crippen LogP contribution is -2.32. The van der Waals surface area contributed by atoms with Crippen LogP contribution in [0.5, 0.6) is 0 Å². The van der Waals surface area contributed by atoms with Crippen LogP contribution in [0.4, 0.5) is 15.8 Å². The Morgan fingerprint density at radius 1 is 0.939 bits per heavy atom. The molecule has 0 aromatic heterocycles. The number of ketones is 2. The summed E-state index contributed by atoms with van der Waals surface area (Å²) in [5, 5.41) is 2.55. The quantitative estimate of drug-likeness (QED) is 0.356. The summed E-state index contributed by atoms with van der Waals surface area (Å²) in [6.07, 6.45) is -0.995. The summed E-state index contributed by atoms with van der Waals surface area (Å²) in [6, 6.07) is 14.2. The third-order valence-electron chi connectivity index (χ3n) is 5.38. The number of rotatable bonds is 5. The van der Waals surface area contributed by atoms with Gasteiger partial charge in [-0.2, -0.15) is 0 Å². The van der Waals surface area contributed by atoms with Crippen molar-refractivity contribution < 1.29 is 28.3 Å². The first-order chi connectivity index (χ1) is 15.8. The molecule has 7 nitrogen and oxygen atoms in total. The lowest BCUT2D eigenvalue weighted by Gasteiger charge is -2.21. The van der Waals surface area contributed by atoms with Crippen molar-refractivity contribution >= 4 is 34.8 Å². The van der Waals surface area contributed by atoms with Gasteiger partial charge in [0.05, 0.1) is 16.8 Å². The van der Waals surface area contributed by atoms with Crippen molar-refractivity contribution in [3.8, 4) is 0 Å². The summed E-state index contributed by atoms with van der Waals surface area (Å²) in [7, 11) is 0. The SMILES string of the molecule is CCC(OC(=O)c1ccc2c(c1N)C(=O)c1ccccc1C2=O)C(=O)Nc1ccc(F)cc1. The van der Waals surface area contributed by atoms with Crippen molar-refractivity contribution in [2.45, 2.75) is 19.4 Å². The van der Waals surface area contributed by atoms with Crippen molar-refractivity contribution in [1.29, 1.82) is 0 Å². The normalized spacial score (nSPS) is 13.0. The average molecular weight is 446 g/mol. The Labute approximate surface area is 188 Å². The van der Waals surface area contributed by atoms with E-state index >= 15 is 0 Å². The average Bonchev–Trinajstić information content (AvgIpc) is 2.82. The molecule has 0 saturated carbocycles. The van der Waals surface area contributed by atoms with Crippen molar-refractivity contribution in [1.82, 2.24) is 0 Å². The van der Waals surface area contributed by atoms with Gasteiger partial charge < -0.3 is 15.8 Å². The topological polar surface area (TPSA) is 116 Å². The minimum atomic E-state index is -1.16. The van der Waals surface area contributed by atoms with Gasteiger partial charge in [-0.25, -0.2) is 9.18 Å². The van der Waals surface area contributed by atoms with E-state index in [0.717, 1.165) is 0 Å². The number of hydrogen-bond acceptors (Lipinski definition) is 6. The fourth-order valence-corrected chi connectivity index (χ4v) is 3.66. The molecule has 3 aromatic carbocycles. The van der Waals surface area contributed by atoms with E-state index in [1.807, 2.05) is 0 Å². The number of carbonyl (C=O) groups excluding carboxylic acids is 4. The van der Waals surface area contributed by atoms with Gasteiger partial charge in [-0.1, -0.05) is 31.2 Å². The Hall–Kier alpha value is -4.33. The zero-order valence-electron chi connectivity index (χ0n) is 17.6. The molecule has 8 heteroatoms. The molecule has 0 fully saturated rings. The van der Waals surface area contributed by atoms with Gasteiger partial charge in [0.25, 0.3) is 5.91 Å². The van der Waals surface area contributed by atoms with E-state index < -0.39 is 29.6 Å². The summed E-state index contributed by atoms with van der Waals surface area (Å²) in [5.41, 5.74) is 6.70. The fourth-order valence-electron chi connectivity index (χ4n) is 3.66. The Morgan fingerprint density at radius 2 is 1.58 bits per heavy atom. The number of amides is 1. The zero-order valence-corrected chi connectivity index (χ0v) is 17.6. The minimum absolute atomic E-state index is 0.0584. The predicted octanol–water partition coefficient (Wildman–Crippen LogP) is 3.76. The van der Waals surface area contributed by atoms with E-state index in [9.17, 15) is 23.6 Å². The number of esters is 1. The maximum atomic E-state index is 13.1. The van der Waals surface area contributed by atoms with Crippen LogP contribution >= 0.6 is 0 Å². The number of fused-ring (bicyclic) bond motifs is 2. The molecule has 0 bridgehead atoms. The largest absolute Gasteiger partial charge is 0.449 e. The van der Waals surface area contributed by atoms with Gasteiger partial charge in [0, 0.05) is 22.4 Å². The highest BCUT2D eigenvalue weighted by Gasteiger charge is 2.33. The van der Waals surface area contributed by atoms with Crippen LogP contribution in [-0.4, -0.2) is 29.5 Å². The number of ether oxygens (including phenoxy) is 1. The molecule has 4 rings (SSSR count). The molecule has 0 saturated heterocycles. The fraction of sp³-hybridized carbons (Fsp3) is 0.120. The van der Waals surface area contributed by atoms with Gasteiger partial charge in [0.1, 0.15) is 5.82 Å². The molecule has 166 valence electrons. The molecule has 1 aliphatic carbocycles. The second-order valence-corrected chi connectivity index (χ2v) is 7.45. The van der Waals surface area contributed by atoms with Crippen LogP contribution in [0.1, 0.15) is 55.5 Å². The second-order valence-electron chi connectivity index (χ2n) is 7.45. The van der Waals surface area contributed by atoms with E-state index in [1.54, 1.807) is 25.1 Å². The van der Waals surface area contributed by atoms with E-state index in [2.05, 4.69) is 5.32 Å². The molecule has 1 unspecified atom stereocenters. The van der Waals surface area contributed by atoms with Crippen LogP contribution < -0.4 is 11.1 Å². The van der Waals surface area contributed by atoms with E-state index in [0.29, 0.717) is 5.69 Å². The molecule has 3 N–H and O–H groups in total. The molecule has 0 radical (unpaired) electrons. The summed E-state index contributed by atoms with van der Waals surface area (Å²) in [4.78, 5) is 51.1. The van der Waals surface area contributed by atoms with Gasteiger partial charge in [-0.3, -0.25) is 14.4 Å². The third kappa shape index (κ3) is 3.98. The molecular formula is C25H19FN2O5. The summed E-state index contributed by atoms with van der Waals surface area (Å²) >= 11 is 0. The van der Waals surface area contributed by atoms with Crippen LogP contribution in [0, 0.1) is 5.82 Å². The highest BCUT2D eigenvalue weighted by atomic mass is 19.1. The molecule has 33 heavy (non-hydrogen) atoms. The number of halogens is 1. The molecular weight excluding hydrogens is 427 g/mol. The number of hydrogen-bond donors (Lipinski definition) is 2. The maximum absolute atomic E-state index is 13.1. The Morgan fingerprint density at radius 3 is 2.21 bits per heavy atom. The molecule has 1 atom stereocenters. The molecule has 3 aromatic rings. The van der Waals surface area contributed by atoms with Crippen molar-refractivity contribution in [2.75, 3.05) is 11.1 Å². The molecule has 0 aliphatic heterocycles. The lowest BCUT2D eigenvalue weighted by molar-refractivity contribution is -0.124. The Balaban J connectivity index is 1.58. The predicted molar refractivity (Wildman–Crippen MR) is 119 cm³/mol. The number of benzene rings is 3. The second kappa shape index (κ2) is 8.66. The van der Waals surface area contributed by atoms with Crippen LogP contribution in [-0.2, 0) is 9.53 Å². The number of carbonyl (C=O) groups is 4. The van der Waals surface area contributed by atoms with Crippen LogP contribution in [0.3, 0.4) is 0 Å². The standard InChI is InChI=1S/C25H19FN2O5/c1-2-19(24(31)28-14-9-7-13(26)8-10-14)33-25(32)18-12-11-17-20(21(18)27)23(30)16-6-4-3-5-15(16)22(17)29/h3-12,19H,2,27H2,1H3,(H,28,31). The smallest absolute Gasteiger partial charge is 0.341 e. The van der Waals surface area contributed by atoms with Crippen LogP contribution in [0.15, 0.2) is 60.7 Å². The van der Waals surface area contributed by atoms with Gasteiger partial charge in [-0.05, 0) is 42.8 Å². The molecule has 1 aliphatic rings. The summed E-state index contributed by atoms with van der Waals surface area (Å²) < 4.78 is 18.4. The van der Waals surface area contributed by atoms with E-state index in [1.165, 1.54) is 42.5 Å². The van der Waals surface area contributed by atoms with E-state index in [4.69, 9.17) is 10.5 Å². The van der Waals surface area contributed by atoms with Gasteiger partial charge in [-0.15, -0.1) is 0 Å². The Kier molecular flexibility index (Phi) is 5.74. The minimum Gasteiger partial charge on any atom is -0.449 e. The number of anilines is 2. The zero-order chi connectivity index (χ0) is 23.7. The summed E-state index contributed by atoms with van der Waals surface area (Å²) in [6.45, 7) is 1.65. The summed E-state index contributed by atoms with van der Waals surface area (Å²) in [5.74, 6) is -2.79. The van der Waals surface area contributed by atoms with Crippen LogP contribution in [0.25, 0.3) is 0 Å². The Bertz CT molecular complexity index is 1300. The number of nitrogens with two attached hydrogens (primary N) is 1. The number of nitrogens with one attached hydrogen (secondary N) is 1. The highest BCUT2D eigenvalue weighted by molar-refractivity contribution is 6.30. The highest BCUT2D eigenvalue weighted by Crippen LogP contribution is 2.33. The van der Waals surface area contributed by atoms with Gasteiger partial charge in [0.2, 0.25) is 0 Å².